The van der Waals surface area contributed by atoms with E-state index in [0.29, 0.717) is 6.54 Å². The summed E-state index contributed by atoms with van der Waals surface area (Å²) in [6, 6.07) is -1.68. The Hall–Kier alpha value is -0.780. The number of alkyl halides is 3. The fourth-order valence-electron chi connectivity index (χ4n) is 1.59. The van der Waals surface area contributed by atoms with Crippen LogP contribution in [0.25, 0.3) is 0 Å². The maximum absolute atomic E-state index is 12.6. The van der Waals surface area contributed by atoms with Gasteiger partial charge in [-0.3, -0.25) is 4.79 Å². The Kier molecular flexibility index (Phi) is 3.59. The third-order valence-electron chi connectivity index (χ3n) is 2.40. The second-order valence-electron chi connectivity index (χ2n) is 3.95. The van der Waals surface area contributed by atoms with Crippen molar-refractivity contribution in [2.24, 2.45) is 5.92 Å². The quantitative estimate of drug-likeness (QED) is 0.720. The number of nitrogens with one attached hydrogen (secondary N) is 1. The van der Waals surface area contributed by atoms with Gasteiger partial charge in [-0.2, -0.15) is 13.2 Å². The molecule has 0 radical (unpaired) electrons. The minimum Gasteiger partial charge on any atom is -0.328 e. The van der Waals surface area contributed by atoms with Gasteiger partial charge >= 0.3 is 6.18 Å². The molecule has 15 heavy (non-hydrogen) atoms. The van der Waals surface area contributed by atoms with Gasteiger partial charge in [-0.15, -0.1) is 0 Å². The SMILES string of the molecule is CC(C)C(=O)N1CCNC[C@@H]1C(F)(F)F. The molecule has 3 nitrogen and oxygen atoms in total. The number of amides is 1. The number of carbonyl (C=O) groups excluding carboxylic acids is 1. The molecule has 1 rings (SSSR count). The van der Waals surface area contributed by atoms with Gasteiger partial charge < -0.3 is 10.2 Å². The molecule has 1 N–H and O–H groups in total. The molecular weight excluding hydrogens is 209 g/mol. The van der Waals surface area contributed by atoms with E-state index in [2.05, 4.69) is 5.32 Å². The first-order chi connectivity index (χ1) is 6.84. The topological polar surface area (TPSA) is 32.3 Å². The van der Waals surface area contributed by atoms with E-state index in [1.54, 1.807) is 13.8 Å². The minimum absolute atomic E-state index is 0.126. The zero-order chi connectivity index (χ0) is 11.6. The maximum atomic E-state index is 12.6. The van der Waals surface area contributed by atoms with Crippen molar-refractivity contribution in [3.05, 3.63) is 0 Å². The predicted octanol–water partition coefficient (Wildman–Crippen LogP) is 1.01. The molecule has 1 aliphatic rings. The maximum Gasteiger partial charge on any atom is 0.410 e. The van der Waals surface area contributed by atoms with Gasteiger partial charge in [0.1, 0.15) is 6.04 Å². The predicted molar refractivity (Wildman–Crippen MR) is 49.3 cm³/mol. The summed E-state index contributed by atoms with van der Waals surface area (Å²) in [6.07, 6.45) is -4.35. The second kappa shape index (κ2) is 4.38. The molecule has 1 aliphatic heterocycles. The average Bonchev–Trinajstić information content (AvgIpc) is 2.15. The van der Waals surface area contributed by atoms with Gasteiger partial charge in [-0.05, 0) is 0 Å². The van der Waals surface area contributed by atoms with Crippen LogP contribution in [-0.4, -0.2) is 42.7 Å². The van der Waals surface area contributed by atoms with Crippen LogP contribution in [0.2, 0.25) is 0 Å². The smallest absolute Gasteiger partial charge is 0.328 e. The lowest BCUT2D eigenvalue weighted by Gasteiger charge is -2.38. The molecule has 6 heteroatoms. The van der Waals surface area contributed by atoms with E-state index < -0.39 is 24.0 Å². The standard InChI is InChI=1S/C9H15F3N2O/c1-6(2)8(15)14-4-3-13-5-7(14)9(10,11)12/h6-7,13H,3-5H2,1-2H3/t7-/m1/s1. The molecule has 0 bridgehead atoms. The molecule has 0 unspecified atom stereocenters. The van der Waals surface area contributed by atoms with Crippen molar-refractivity contribution in [2.75, 3.05) is 19.6 Å². The monoisotopic (exact) mass is 224 g/mol. The van der Waals surface area contributed by atoms with Gasteiger partial charge in [0.15, 0.2) is 0 Å². The Bertz CT molecular complexity index is 240. The van der Waals surface area contributed by atoms with Gasteiger partial charge in [0, 0.05) is 25.6 Å². The second-order valence-corrected chi connectivity index (χ2v) is 3.95. The van der Waals surface area contributed by atoms with Crippen LogP contribution in [0.3, 0.4) is 0 Å². The van der Waals surface area contributed by atoms with Gasteiger partial charge in [0.2, 0.25) is 5.91 Å². The molecule has 0 aliphatic carbocycles. The zero-order valence-corrected chi connectivity index (χ0v) is 8.77. The van der Waals surface area contributed by atoms with Gasteiger partial charge in [0.25, 0.3) is 0 Å². The Balaban J connectivity index is 2.79. The number of nitrogens with zero attached hydrogens (tertiary/aromatic N) is 1. The molecule has 1 atom stereocenters. The summed E-state index contributed by atoms with van der Waals surface area (Å²) in [4.78, 5) is 12.5. The van der Waals surface area contributed by atoms with Crippen LogP contribution in [0.15, 0.2) is 0 Å². The van der Waals surface area contributed by atoms with E-state index in [1.807, 2.05) is 0 Å². The summed E-state index contributed by atoms with van der Waals surface area (Å²) < 4.78 is 37.7. The molecule has 0 aromatic heterocycles. The molecule has 1 fully saturated rings. The first-order valence-electron chi connectivity index (χ1n) is 4.92. The fraction of sp³-hybridized carbons (Fsp3) is 0.889. The van der Waals surface area contributed by atoms with Crippen molar-refractivity contribution in [1.29, 1.82) is 0 Å². The highest BCUT2D eigenvalue weighted by atomic mass is 19.4. The highest BCUT2D eigenvalue weighted by Gasteiger charge is 2.46. The molecular formula is C9H15F3N2O. The molecule has 0 aromatic rings. The van der Waals surface area contributed by atoms with Crippen molar-refractivity contribution in [1.82, 2.24) is 10.2 Å². The van der Waals surface area contributed by atoms with Crippen molar-refractivity contribution < 1.29 is 18.0 Å². The van der Waals surface area contributed by atoms with Crippen LogP contribution < -0.4 is 5.32 Å². The molecule has 1 amide bonds. The lowest BCUT2D eigenvalue weighted by molar-refractivity contribution is -0.193. The van der Waals surface area contributed by atoms with E-state index in [9.17, 15) is 18.0 Å². The number of piperazine rings is 1. The van der Waals surface area contributed by atoms with Gasteiger partial charge in [-0.25, -0.2) is 0 Å². The summed E-state index contributed by atoms with van der Waals surface area (Å²) in [5.41, 5.74) is 0. The number of halogens is 3. The van der Waals surface area contributed by atoms with Crippen molar-refractivity contribution in [3.63, 3.8) is 0 Å². The number of hydrogen-bond donors (Lipinski definition) is 1. The van der Waals surface area contributed by atoms with E-state index in [4.69, 9.17) is 0 Å². The third-order valence-corrected chi connectivity index (χ3v) is 2.40. The van der Waals surface area contributed by atoms with Crippen LogP contribution >= 0.6 is 0 Å². The normalized spacial score (nSPS) is 23.3. The zero-order valence-electron chi connectivity index (χ0n) is 8.77. The van der Waals surface area contributed by atoms with E-state index in [0.717, 1.165) is 4.90 Å². The summed E-state index contributed by atoms with van der Waals surface area (Å²) in [5, 5.41) is 2.65. The van der Waals surface area contributed by atoms with E-state index >= 15 is 0 Å². The highest BCUT2D eigenvalue weighted by Crippen LogP contribution is 2.26. The summed E-state index contributed by atoms with van der Waals surface area (Å²) in [7, 11) is 0. The molecule has 1 heterocycles. The van der Waals surface area contributed by atoms with E-state index in [-0.39, 0.29) is 13.1 Å². The number of hydrogen-bond acceptors (Lipinski definition) is 2. The Labute approximate surface area is 86.6 Å². The first kappa shape index (κ1) is 12.3. The Morgan fingerprint density at radius 2 is 2.07 bits per heavy atom. The molecule has 88 valence electrons. The highest BCUT2D eigenvalue weighted by molar-refractivity contribution is 5.78. The first-order valence-corrected chi connectivity index (χ1v) is 4.92. The minimum atomic E-state index is -4.35. The van der Waals surface area contributed by atoms with Crippen molar-refractivity contribution in [2.45, 2.75) is 26.1 Å². The van der Waals surface area contributed by atoms with Gasteiger partial charge in [-0.1, -0.05) is 13.8 Å². The molecule has 0 aromatic carbocycles. The summed E-state index contributed by atoms with van der Waals surface area (Å²) >= 11 is 0. The van der Waals surface area contributed by atoms with E-state index in [1.165, 1.54) is 0 Å². The summed E-state index contributed by atoms with van der Waals surface area (Å²) in [6.45, 7) is 3.56. The van der Waals surface area contributed by atoms with Crippen LogP contribution in [0, 0.1) is 5.92 Å². The third kappa shape index (κ3) is 2.84. The number of rotatable bonds is 1. The lowest BCUT2D eigenvalue weighted by Crippen LogP contribution is -2.60. The van der Waals surface area contributed by atoms with Gasteiger partial charge in [0.05, 0.1) is 0 Å². The van der Waals surface area contributed by atoms with Crippen molar-refractivity contribution >= 4 is 5.91 Å². The molecule has 1 saturated heterocycles. The average molecular weight is 224 g/mol. The van der Waals surface area contributed by atoms with Crippen molar-refractivity contribution in [3.8, 4) is 0 Å². The molecule has 0 saturated carbocycles. The summed E-state index contributed by atoms with van der Waals surface area (Å²) in [5.74, 6) is -0.827. The lowest BCUT2D eigenvalue weighted by atomic mass is 10.1. The molecule has 0 spiro atoms. The Morgan fingerprint density at radius 3 is 2.53 bits per heavy atom. The van der Waals surface area contributed by atoms with Crippen LogP contribution in [0.1, 0.15) is 13.8 Å². The van der Waals surface area contributed by atoms with Crippen LogP contribution in [0.4, 0.5) is 13.2 Å². The number of carbonyl (C=O) groups is 1. The van der Waals surface area contributed by atoms with Crippen LogP contribution in [-0.2, 0) is 4.79 Å². The Morgan fingerprint density at radius 1 is 1.47 bits per heavy atom. The largest absolute Gasteiger partial charge is 0.410 e. The van der Waals surface area contributed by atoms with Crippen LogP contribution in [0.5, 0.6) is 0 Å². The fourth-order valence-corrected chi connectivity index (χ4v) is 1.59.